The lowest BCUT2D eigenvalue weighted by molar-refractivity contribution is -0.730. The van der Waals surface area contributed by atoms with E-state index in [4.69, 9.17) is 9.97 Å². The summed E-state index contributed by atoms with van der Waals surface area (Å²) in [6.07, 6.45) is 6.19. The highest BCUT2D eigenvalue weighted by molar-refractivity contribution is 5.79. The molecule has 0 unspecified atom stereocenters. The summed E-state index contributed by atoms with van der Waals surface area (Å²) in [4.78, 5) is 9.48. The van der Waals surface area contributed by atoms with Crippen molar-refractivity contribution in [1.82, 2.24) is 19.6 Å². The summed E-state index contributed by atoms with van der Waals surface area (Å²) in [6, 6.07) is 6.50. The van der Waals surface area contributed by atoms with Crippen molar-refractivity contribution in [2.75, 3.05) is 12.4 Å². The molecule has 3 heterocycles. The van der Waals surface area contributed by atoms with Gasteiger partial charge in [0.05, 0.1) is 11.8 Å². The fraction of sp³-hybridized carbons (Fsp3) is 0.333. The second kappa shape index (κ2) is 4.51. The molecular weight excluding hydrogens is 264 g/mol. The summed E-state index contributed by atoms with van der Waals surface area (Å²) in [6.45, 7) is 0. The number of fused-ring (bicyclic) bond motifs is 1. The normalized spacial score (nSPS) is 14.6. The maximum Gasteiger partial charge on any atom is 0.206 e. The van der Waals surface area contributed by atoms with E-state index in [9.17, 15) is 0 Å². The molecule has 1 saturated carbocycles. The van der Waals surface area contributed by atoms with Crippen LogP contribution in [-0.4, -0.2) is 26.7 Å². The number of anilines is 1. The number of pyridine rings is 1. The van der Waals surface area contributed by atoms with Gasteiger partial charge in [0.25, 0.3) is 0 Å². The number of hydrogen-bond acceptors (Lipinski definition) is 4. The highest BCUT2D eigenvalue weighted by atomic mass is 15.2. The summed E-state index contributed by atoms with van der Waals surface area (Å²) in [7, 11) is 3.81. The number of imidazole rings is 1. The average Bonchev–Trinajstić information content (AvgIpc) is 3.26. The van der Waals surface area contributed by atoms with Crippen LogP contribution in [0.25, 0.3) is 22.6 Å². The molecule has 0 aromatic carbocycles. The molecule has 21 heavy (non-hydrogen) atoms. The summed E-state index contributed by atoms with van der Waals surface area (Å²) in [5.74, 6) is 1.85. The van der Waals surface area contributed by atoms with Crippen LogP contribution in [0.2, 0.25) is 0 Å². The van der Waals surface area contributed by atoms with E-state index in [1.54, 1.807) is 10.9 Å². The van der Waals surface area contributed by atoms with E-state index in [0.717, 1.165) is 28.4 Å². The Morgan fingerprint density at radius 2 is 2.10 bits per heavy atom. The molecule has 1 fully saturated rings. The molecule has 3 aromatic heterocycles. The van der Waals surface area contributed by atoms with Gasteiger partial charge in [-0.2, -0.15) is 0 Å². The fourth-order valence-electron chi connectivity index (χ4n) is 2.62. The van der Waals surface area contributed by atoms with Crippen LogP contribution in [0, 0.1) is 0 Å². The molecule has 1 aliphatic carbocycles. The van der Waals surface area contributed by atoms with Gasteiger partial charge in [-0.05, 0) is 36.1 Å². The van der Waals surface area contributed by atoms with E-state index in [2.05, 4.69) is 15.0 Å². The zero-order valence-electron chi connectivity index (χ0n) is 12.1. The molecule has 0 radical (unpaired) electrons. The van der Waals surface area contributed by atoms with E-state index >= 15 is 0 Å². The lowest BCUT2D eigenvalue weighted by atomic mass is 10.3. The van der Waals surface area contributed by atoms with Crippen molar-refractivity contribution in [3.8, 4) is 11.4 Å². The second-order valence-electron chi connectivity index (χ2n) is 5.42. The van der Waals surface area contributed by atoms with Crippen molar-refractivity contribution in [3.63, 3.8) is 0 Å². The number of aromatic nitrogens is 5. The molecule has 3 aromatic rings. The van der Waals surface area contributed by atoms with Crippen molar-refractivity contribution in [2.45, 2.75) is 18.9 Å². The summed E-state index contributed by atoms with van der Waals surface area (Å²) >= 11 is 0. The first kappa shape index (κ1) is 12.3. The van der Waals surface area contributed by atoms with Crippen LogP contribution in [-0.2, 0) is 7.05 Å². The monoisotopic (exact) mass is 281 g/mol. The van der Waals surface area contributed by atoms with Crippen LogP contribution < -0.4 is 10.00 Å². The molecule has 0 amide bonds. The zero-order chi connectivity index (χ0) is 14.4. The van der Waals surface area contributed by atoms with Gasteiger partial charge in [0.1, 0.15) is 17.2 Å². The number of nitrogens with zero attached hydrogens (tertiary/aromatic N) is 5. The Balaban J connectivity index is 1.98. The Morgan fingerprint density at radius 3 is 2.81 bits per heavy atom. The Hall–Kier alpha value is -2.50. The summed E-state index contributed by atoms with van der Waals surface area (Å²) in [5.41, 5.74) is 2.97. The Morgan fingerprint density at radius 1 is 1.24 bits per heavy atom. The van der Waals surface area contributed by atoms with Gasteiger partial charge >= 0.3 is 0 Å². The zero-order valence-corrected chi connectivity index (χ0v) is 12.1. The van der Waals surface area contributed by atoms with Gasteiger partial charge in [-0.1, -0.05) is 4.68 Å². The lowest BCUT2D eigenvalue weighted by Crippen LogP contribution is -2.31. The van der Waals surface area contributed by atoms with Crippen molar-refractivity contribution < 1.29 is 4.68 Å². The molecule has 0 aliphatic heterocycles. The quantitative estimate of drug-likeness (QED) is 0.742. The predicted octanol–water partition coefficient (Wildman–Crippen LogP) is 1.69. The van der Waals surface area contributed by atoms with Crippen LogP contribution in [0.5, 0.6) is 0 Å². The summed E-state index contributed by atoms with van der Waals surface area (Å²) in [5, 5.41) is 7.29. The molecular formula is C15H17N6+. The van der Waals surface area contributed by atoms with E-state index in [1.165, 1.54) is 12.8 Å². The number of aryl methyl sites for hydroxylation is 1. The van der Waals surface area contributed by atoms with Crippen molar-refractivity contribution in [3.05, 3.63) is 30.6 Å². The van der Waals surface area contributed by atoms with E-state index in [-0.39, 0.29) is 0 Å². The highest BCUT2D eigenvalue weighted by Gasteiger charge is 2.30. The highest BCUT2D eigenvalue weighted by Crippen LogP contribution is 2.40. The average molecular weight is 281 g/mol. The Kier molecular flexibility index (Phi) is 2.63. The minimum Gasteiger partial charge on any atom is -0.373 e. The third kappa shape index (κ3) is 2.03. The van der Waals surface area contributed by atoms with Gasteiger partial charge in [0.15, 0.2) is 12.7 Å². The summed E-state index contributed by atoms with van der Waals surface area (Å²) < 4.78 is 4.07. The molecule has 4 rings (SSSR count). The van der Waals surface area contributed by atoms with E-state index < -0.39 is 0 Å². The predicted molar refractivity (Wildman–Crippen MR) is 79.8 cm³/mol. The van der Waals surface area contributed by atoms with Crippen LogP contribution >= 0.6 is 0 Å². The maximum absolute atomic E-state index is 4.79. The van der Waals surface area contributed by atoms with Gasteiger partial charge < -0.3 is 9.88 Å². The largest absolute Gasteiger partial charge is 0.373 e. The van der Waals surface area contributed by atoms with Crippen LogP contribution in [0.3, 0.4) is 0 Å². The molecule has 6 nitrogen and oxygen atoms in total. The minimum absolute atomic E-state index is 0.517. The van der Waals surface area contributed by atoms with Crippen molar-refractivity contribution >= 4 is 17.0 Å². The third-order valence-electron chi connectivity index (χ3n) is 3.79. The molecule has 0 bridgehead atoms. The standard InChI is InChI=1S/C15H17N6/c1-16-13-6-5-12-15(19-13)21(11-3-4-11)14(18-12)10-7-8-17-20(2)9-10/h5-9,11H,3-4H2,1-2H3,(H,16,19)/q+1. The van der Waals surface area contributed by atoms with E-state index in [1.807, 2.05) is 38.5 Å². The van der Waals surface area contributed by atoms with Crippen LogP contribution in [0.15, 0.2) is 30.6 Å². The molecule has 106 valence electrons. The first-order chi connectivity index (χ1) is 10.3. The molecule has 1 N–H and O–H groups in total. The molecule has 0 spiro atoms. The van der Waals surface area contributed by atoms with Gasteiger partial charge in [0, 0.05) is 13.1 Å². The van der Waals surface area contributed by atoms with Gasteiger partial charge in [-0.25, -0.2) is 9.97 Å². The van der Waals surface area contributed by atoms with E-state index in [0.29, 0.717) is 6.04 Å². The first-order valence-corrected chi connectivity index (χ1v) is 7.15. The fourth-order valence-corrected chi connectivity index (χ4v) is 2.62. The van der Waals surface area contributed by atoms with Crippen LogP contribution in [0.1, 0.15) is 18.9 Å². The topological polar surface area (TPSA) is 59.5 Å². The Bertz CT molecular complexity index is 818. The van der Waals surface area contributed by atoms with Gasteiger partial charge in [-0.15, -0.1) is 0 Å². The van der Waals surface area contributed by atoms with Crippen molar-refractivity contribution in [1.29, 1.82) is 0 Å². The molecule has 0 saturated heterocycles. The lowest BCUT2D eigenvalue weighted by Gasteiger charge is -2.06. The number of nitrogens with one attached hydrogen (secondary N) is 1. The Labute approximate surface area is 122 Å². The molecule has 6 heteroatoms. The maximum atomic E-state index is 4.79. The third-order valence-corrected chi connectivity index (χ3v) is 3.79. The van der Waals surface area contributed by atoms with Gasteiger partial charge in [-0.3, -0.25) is 0 Å². The van der Waals surface area contributed by atoms with Crippen molar-refractivity contribution in [2.24, 2.45) is 7.05 Å². The van der Waals surface area contributed by atoms with Crippen LogP contribution in [0.4, 0.5) is 5.82 Å². The molecule has 1 aliphatic rings. The first-order valence-electron chi connectivity index (χ1n) is 7.15. The molecule has 0 atom stereocenters. The minimum atomic E-state index is 0.517. The second-order valence-corrected chi connectivity index (χ2v) is 5.42. The smallest absolute Gasteiger partial charge is 0.206 e. The number of rotatable bonds is 3. The van der Waals surface area contributed by atoms with Gasteiger partial charge in [0.2, 0.25) is 6.20 Å². The SMILES string of the molecule is CNc1ccc2nc(-c3ccn[n+](C)c3)n(C3CC3)c2n1. The number of hydrogen-bond donors (Lipinski definition) is 1.